The maximum Gasteiger partial charge on any atom is 0.573 e. The first kappa shape index (κ1) is 30.7. The van der Waals surface area contributed by atoms with Gasteiger partial charge in [0.1, 0.15) is 22.6 Å². The Morgan fingerprint density at radius 1 is 1.00 bits per heavy atom. The molecule has 0 bridgehead atoms. The van der Waals surface area contributed by atoms with Gasteiger partial charge in [-0.2, -0.15) is 13.2 Å². The molecule has 1 N–H and O–H groups in total. The zero-order valence-corrected chi connectivity index (χ0v) is 22.4. The van der Waals surface area contributed by atoms with Gasteiger partial charge in [0, 0.05) is 23.6 Å². The fourth-order valence-electron chi connectivity index (χ4n) is 4.77. The van der Waals surface area contributed by atoms with Crippen molar-refractivity contribution >= 4 is 22.9 Å². The van der Waals surface area contributed by atoms with Crippen molar-refractivity contribution in [2.45, 2.75) is 57.6 Å². The molecule has 8 nitrogen and oxygen atoms in total. The van der Waals surface area contributed by atoms with Crippen molar-refractivity contribution in [3.63, 3.8) is 0 Å². The third kappa shape index (κ3) is 6.47. The number of alkyl halides is 6. The molecule has 1 unspecified atom stereocenters. The average molecular weight is 601 g/mol. The van der Waals surface area contributed by atoms with E-state index in [2.05, 4.69) is 10.1 Å². The lowest BCUT2D eigenvalue weighted by Crippen LogP contribution is -2.41. The molecule has 1 atom stereocenters. The average Bonchev–Trinajstić information content (AvgIpc) is 3.11. The van der Waals surface area contributed by atoms with Gasteiger partial charge in [0.25, 0.3) is 5.91 Å². The molecule has 1 aliphatic heterocycles. The quantitative estimate of drug-likeness (QED) is 0.127. The molecule has 0 spiro atoms. The number of nitrogens with zero attached hydrogens (tertiary/aromatic N) is 1. The van der Waals surface area contributed by atoms with E-state index in [-0.39, 0.29) is 48.3 Å². The van der Waals surface area contributed by atoms with E-state index in [0.29, 0.717) is 24.5 Å². The summed E-state index contributed by atoms with van der Waals surface area (Å²) in [6.07, 6.45) is -8.25. The Balaban J connectivity index is 1.41. The van der Waals surface area contributed by atoms with Gasteiger partial charge in [0.15, 0.2) is 0 Å². The molecule has 0 radical (unpaired) electrons. The van der Waals surface area contributed by atoms with Crippen LogP contribution in [0.25, 0.3) is 11.0 Å². The minimum absolute atomic E-state index is 0.0221. The van der Waals surface area contributed by atoms with Gasteiger partial charge in [-0.3, -0.25) is 9.69 Å². The van der Waals surface area contributed by atoms with Crippen LogP contribution >= 0.6 is 0 Å². The Morgan fingerprint density at radius 3 is 2.40 bits per heavy atom. The molecule has 2 heterocycles. The highest BCUT2D eigenvalue weighted by Gasteiger charge is 2.49. The van der Waals surface area contributed by atoms with Crippen molar-refractivity contribution < 1.29 is 49.8 Å². The predicted molar refractivity (Wildman–Crippen MR) is 137 cm³/mol. The lowest BCUT2D eigenvalue weighted by Gasteiger charge is -2.23. The first-order chi connectivity index (χ1) is 19.6. The van der Waals surface area contributed by atoms with E-state index in [1.165, 1.54) is 31.2 Å². The molecule has 1 aromatic heterocycles. The molecule has 226 valence electrons. The van der Waals surface area contributed by atoms with Crippen molar-refractivity contribution in [2.75, 3.05) is 13.2 Å². The van der Waals surface area contributed by atoms with Crippen molar-refractivity contribution in [1.29, 1.82) is 0 Å². The summed E-state index contributed by atoms with van der Waals surface area (Å²) in [4.78, 5) is 38.5. The van der Waals surface area contributed by atoms with Gasteiger partial charge in [-0.1, -0.05) is 25.5 Å². The van der Waals surface area contributed by atoms with E-state index >= 15 is 0 Å². The van der Waals surface area contributed by atoms with E-state index in [0.717, 1.165) is 17.0 Å². The third-order valence-corrected chi connectivity index (χ3v) is 6.73. The number of hydrogen-bond acceptors (Lipinski definition) is 6. The number of imide groups is 1. The molecular weight excluding hydrogens is 574 g/mol. The zero-order valence-electron chi connectivity index (χ0n) is 22.4. The standard InChI is InChI=1S/C28H26F6N2O6/c1-3-7-19-21(11-10-18-20(27(29,30)31)15-22(37)41-23(18)19)40-13-5-4-12-36-24(38)26(2,35-25(36)39)16-8-6-9-17(14-16)42-28(32,33)34/h6,8-11,14-15H,3-5,7,12-13H2,1-2H3,(H,35,39). The molecule has 14 heteroatoms. The van der Waals surface area contributed by atoms with E-state index in [4.69, 9.17) is 9.15 Å². The summed E-state index contributed by atoms with van der Waals surface area (Å²) in [6, 6.07) is 7.02. The normalized spacial score (nSPS) is 17.6. The first-order valence-corrected chi connectivity index (χ1v) is 12.9. The molecule has 1 saturated heterocycles. The number of amides is 3. The van der Waals surface area contributed by atoms with E-state index in [1.807, 2.05) is 0 Å². The topological polar surface area (TPSA) is 98.1 Å². The molecule has 3 aromatic rings. The van der Waals surface area contributed by atoms with Gasteiger partial charge in [0.05, 0.1) is 12.2 Å². The van der Waals surface area contributed by atoms with Crippen molar-refractivity contribution in [2.24, 2.45) is 0 Å². The van der Waals surface area contributed by atoms with Crippen LogP contribution in [-0.2, 0) is 22.9 Å². The first-order valence-electron chi connectivity index (χ1n) is 12.9. The lowest BCUT2D eigenvalue weighted by molar-refractivity contribution is -0.274. The molecule has 2 aromatic carbocycles. The summed E-state index contributed by atoms with van der Waals surface area (Å²) in [7, 11) is 0. The van der Waals surface area contributed by atoms with Crippen LogP contribution in [0.5, 0.6) is 11.5 Å². The minimum atomic E-state index is -4.93. The molecule has 42 heavy (non-hydrogen) atoms. The number of fused-ring (bicyclic) bond motifs is 1. The van der Waals surface area contributed by atoms with Crippen LogP contribution in [0.4, 0.5) is 31.1 Å². The zero-order chi connectivity index (χ0) is 30.9. The van der Waals surface area contributed by atoms with E-state index in [1.54, 1.807) is 6.92 Å². The Morgan fingerprint density at radius 2 is 1.74 bits per heavy atom. The second kappa shape index (κ2) is 11.6. The summed E-state index contributed by atoms with van der Waals surface area (Å²) >= 11 is 0. The SMILES string of the molecule is CCCc1c(OCCCCN2C(=O)NC(C)(c3cccc(OC(F)(F)F)c3)C2=O)ccc2c(C(F)(F)F)cc(=O)oc12. The van der Waals surface area contributed by atoms with Crippen LogP contribution in [0, 0.1) is 0 Å². The number of unbranched alkanes of at least 4 members (excludes halogenated alkanes) is 1. The molecule has 0 aliphatic carbocycles. The maximum atomic E-state index is 13.5. The molecule has 4 rings (SSSR count). The fourth-order valence-corrected chi connectivity index (χ4v) is 4.77. The highest BCUT2D eigenvalue weighted by atomic mass is 19.4. The molecular formula is C28H26F6N2O6. The van der Waals surface area contributed by atoms with Gasteiger partial charge in [-0.15, -0.1) is 13.2 Å². The van der Waals surface area contributed by atoms with Crippen molar-refractivity contribution in [3.8, 4) is 11.5 Å². The second-order valence-corrected chi connectivity index (χ2v) is 9.79. The minimum Gasteiger partial charge on any atom is -0.493 e. The van der Waals surface area contributed by atoms with Crippen molar-refractivity contribution in [1.82, 2.24) is 10.2 Å². The number of benzene rings is 2. The number of urea groups is 1. The van der Waals surface area contributed by atoms with Crippen LogP contribution in [0.15, 0.2) is 51.7 Å². The Labute approximate surface area is 235 Å². The Bertz CT molecular complexity index is 1550. The Kier molecular flexibility index (Phi) is 8.46. The summed E-state index contributed by atoms with van der Waals surface area (Å²) in [6.45, 7) is 3.23. The number of aryl methyl sites for hydroxylation is 1. The largest absolute Gasteiger partial charge is 0.573 e. The summed E-state index contributed by atoms with van der Waals surface area (Å²) in [5.74, 6) is -0.952. The number of carbonyl (C=O) groups is 2. The number of rotatable bonds is 10. The molecule has 1 fully saturated rings. The second-order valence-electron chi connectivity index (χ2n) is 9.79. The van der Waals surface area contributed by atoms with Crippen LogP contribution in [0.2, 0.25) is 0 Å². The highest BCUT2D eigenvalue weighted by Crippen LogP contribution is 2.38. The smallest absolute Gasteiger partial charge is 0.493 e. The summed E-state index contributed by atoms with van der Waals surface area (Å²) in [5, 5.41) is 2.26. The van der Waals surface area contributed by atoms with Crippen LogP contribution in [0.3, 0.4) is 0 Å². The number of ether oxygens (including phenoxy) is 2. The monoisotopic (exact) mass is 600 g/mol. The third-order valence-electron chi connectivity index (χ3n) is 6.73. The summed E-state index contributed by atoms with van der Waals surface area (Å²) in [5.41, 5.74) is -3.62. The Hall–Kier alpha value is -4.23. The van der Waals surface area contributed by atoms with Crippen LogP contribution in [-0.4, -0.2) is 36.4 Å². The maximum absolute atomic E-state index is 13.5. The van der Waals surface area contributed by atoms with Gasteiger partial charge in [-0.05, 0) is 56.0 Å². The fraction of sp³-hybridized carbons (Fsp3) is 0.393. The van der Waals surface area contributed by atoms with Crippen LogP contribution < -0.4 is 20.4 Å². The number of nitrogens with one attached hydrogen (secondary N) is 1. The summed E-state index contributed by atoms with van der Waals surface area (Å²) < 4.78 is 93.2. The predicted octanol–water partition coefficient (Wildman–Crippen LogP) is 6.29. The van der Waals surface area contributed by atoms with Crippen LogP contribution in [0.1, 0.15) is 49.8 Å². The number of hydrogen-bond donors (Lipinski definition) is 1. The number of carbonyl (C=O) groups excluding carboxylic acids is 2. The van der Waals surface area contributed by atoms with Crippen molar-refractivity contribution in [3.05, 3.63) is 69.6 Å². The van der Waals surface area contributed by atoms with Gasteiger partial charge < -0.3 is 19.2 Å². The number of halogens is 6. The lowest BCUT2D eigenvalue weighted by atomic mass is 9.92. The van der Waals surface area contributed by atoms with Gasteiger partial charge in [0.2, 0.25) is 0 Å². The molecule has 3 amide bonds. The van der Waals surface area contributed by atoms with E-state index in [9.17, 15) is 40.7 Å². The van der Waals surface area contributed by atoms with E-state index < -0.39 is 47.0 Å². The molecule has 1 aliphatic rings. The highest BCUT2D eigenvalue weighted by molar-refractivity contribution is 6.07. The molecule has 0 saturated carbocycles. The van der Waals surface area contributed by atoms with Gasteiger partial charge in [-0.25, -0.2) is 9.59 Å². The van der Waals surface area contributed by atoms with Gasteiger partial charge >= 0.3 is 24.2 Å².